The van der Waals surface area contributed by atoms with Gasteiger partial charge in [-0.05, 0) is 6.07 Å². The largest absolute Gasteiger partial charge is 0.356 e. The number of nitrogens with two attached hydrogens (primary N) is 1. The van der Waals surface area contributed by atoms with E-state index in [0.717, 1.165) is 10.2 Å². The fourth-order valence-electron chi connectivity index (χ4n) is 1.30. The Labute approximate surface area is 78.2 Å². The first-order valence-corrected chi connectivity index (χ1v) is 5.10. The Morgan fingerprint density at radius 1 is 1.46 bits per heavy atom. The van der Waals surface area contributed by atoms with E-state index < -0.39 is 10.5 Å². The minimum absolute atomic E-state index is 0.0752. The SMILES string of the molecule is CC(=O)[s+]1c(N)nc2ccccc21. The quantitative estimate of drug-likeness (QED) is 0.706. The lowest BCUT2D eigenvalue weighted by molar-refractivity contribution is 0.106. The average Bonchev–Trinajstić information content (AvgIpc) is 2.39. The molecule has 0 aliphatic rings. The van der Waals surface area contributed by atoms with E-state index in [9.17, 15) is 4.79 Å². The zero-order valence-corrected chi connectivity index (χ0v) is 7.97. The number of carbonyl (C=O) groups excluding carboxylic acids is 1. The molecule has 0 fully saturated rings. The molecule has 4 heteroatoms. The highest BCUT2D eigenvalue weighted by Gasteiger charge is 2.24. The van der Waals surface area contributed by atoms with Gasteiger partial charge in [0.2, 0.25) is 4.70 Å². The number of nitrogens with zero attached hydrogens (tertiary/aromatic N) is 1. The van der Waals surface area contributed by atoms with Crippen LogP contribution in [0, 0.1) is 0 Å². The third kappa shape index (κ3) is 1.19. The fraction of sp³-hybridized carbons (Fsp3) is 0.111. The molecule has 2 rings (SSSR count). The number of benzene rings is 1. The second kappa shape index (κ2) is 2.81. The van der Waals surface area contributed by atoms with Crippen LogP contribution in [0.2, 0.25) is 0 Å². The maximum atomic E-state index is 11.3. The maximum absolute atomic E-state index is 11.3. The fourth-order valence-corrected chi connectivity index (χ4v) is 2.86. The molecule has 0 saturated heterocycles. The number of rotatable bonds is 1. The molecule has 66 valence electrons. The Kier molecular flexibility index (Phi) is 1.77. The predicted molar refractivity (Wildman–Crippen MR) is 54.9 cm³/mol. The summed E-state index contributed by atoms with van der Waals surface area (Å²) in [5, 5.41) is 0.514. The summed E-state index contributed by atoms with van der Waals surface area (Å²) in [5.74, 6) is 0. The molecular weight excluding hydrogens is 184 g/mol. The Morgan fingerprint density at radius 2 is 2.15 bits per heavy atom. The molecule has 0 amide bonds. The zero-order valence-electron chi connectivity index (χ0n) is 7.15. The van der Waals surface area contributed by atoms with Crippen LogP contribution in [0.25, 0.3) is 10.2 Å². The number of para-hydroxylation sites is 1. The van der Waals surface area contributed by atoms with Crippen molar-refractivity contribution in [3.8, 4) is 0 Å². The topological polar surface area (TPSA) is 56.0 Å². The summed E-state index contributed by atoms with van der Waals surface area (Å²) in [7, 11) is -0.610. The summed E-state index contributed by atoms with van der Waals surface area (Å²) >= 11 is 0. The van der Waals surface area contributed by atoms with Gasteiger partial charge in [-0.15, -0.1) is 0 Å². The Bertz CT molecular complexity index is 475. The molecule has 0 spiro atoms. The van der Waals surface area contributed by atoms with Crippen LogP contribution >= 0.6 is 10.5 Å². The van der Waals surface area contributed by atoms with Gasteiger partial charge in [0, 0.05) is 6.07 Å². The number of fused-ring (bicyclic) bond motifs is 1. The van der Waals surface area contributed by atoms with Crippen molar-refractivity contribution in [1.82, 2.24) is 4.98 Å². The molecular formula is C9H9N2OS+. The Hall–Kier alpha value is -1.42. The molecule has 1 aromatic heterocycles. The van der Waals surface area contributed by atoms with Crippen LogP contribution in [-0.2, 0) is 0 Å². The van der Waals surface area contributed by atoms with Crippen molar-refractivity contribution in [1.29, 1.82) is 0 Å². The number of hydrogen-bond donors (Lipinski definition) is 1. The molecule has 1 heterocycles. The Morgan fingerprint density at radius 3 is 2.85 bits per heavy atom. The summed E-state index contributed by atoms with van der Waals surface area (Å²) in [4.78, 5) is 15.4. The van der Waals surface area contributed by atoms with Gasteiger partial charge in [-0.1, -0.05) is 12.1 Å². The normalized spacial score (nSPS) is 11.9. The summed E-state index contributed by atoms with van der Waals surface area (Å²) in [6.45, 7) is 1.55. The van der Waals surface area contributed by atoms with Crippen molar-refractivity contribution >= 4 is 30.9 Å². The molecule has 0 bridgehead atoms. The third-order valence-corrected chi connectivity index (χ3v) is 3.68. The monoisotopic (exact) mass is 193 g/mol. The first-order valence-electron chi connectivity index (χ1n) is 3.88. The lowest BCUT2D eigenvalue weighted by Gasteiger charge is -1.81. The second-order valence-electron chi connectivity index (χ2n) is 2.72. The minimum Gasteiger partial charge on any atom is -0.339 e. The van der Waals surface area contributed by atoms with Gasteiger partial charge >= 0.3 is 10.2 Å². The van der Waals surface area contributed by atoms with E-state index in [-0.39, 0.29) is 5.12 Å². The highest BCUT2D eigenvalue weighted by atomic mass is 32.2. The highest BCUT2D eigenvalue weighted by Crippen LogP contribution is 2.36. The smallest absolute Gasteiger partial charge is 0.339 e. The van der Waals surface area contributed by atoms with E-state index in [1.807, 2.05) is 24.3 Å². The third-order valence-electron chi connectivity index (χ3n) is 1.81. The van der Waals surface area contributed by atoms with Crippen molar-refractivity contribution in [2.24, 2.45) is 0 Å². The molecule has 0 saturated carbocycles. The van der Waals surface area contributed by atoms with Crippen LogP contribution in [0.3, 0.4) is 0 Å². The molecule has 1 aromatic carbocycles. The van der Waals surface area contributed by atoms with Crippen molar-refractivity contribution < 1.29 is 4.79 Å². The van der Waals surface area contributed by atoms with Crippen LogP contribution in [0.5, 0.6) is 0 Å². The molecule has 2 N–H and O–H groups in total. The number of carbonyl (C=O) groups is 1. The van der Waals surface area contributed by atoms with Gasteiger partial charge in [-0.2, -0.15) is 4.98 Å². The van der Waals surface area contributed by atoms with Gasteiger partial charge in [0.1, 0.15) is 16.0 Å². The summed E-state index contributed by atoms with van der Waals surface area (Å²) in [6.07, 6.45) is 0. The standard InChI is InChI=1S/C9H9N2OS/c1-6(12)13-8-5-3-2-4-7(8)11-9(13)10/h2-5H,1H3,(H2,10,11)/q+1. The van der Waals surface area contributed by atoms with Gasteiger partial charge in [-0.25, -0.2) is 4.79 Å². The zero-order chi connectivity index (χ0) is 9.42. The van der Waals surface area contributed by atoms with E-state index in [1.54, 1.807) is 6.92 Å². The van der Waals surface area contributed by atoms with Crippen LogP contribution < -0.4 is 5.73 Å². The number of anilines is 1. The van der Waals surface area contributed by atoms with Crippen molar-refractivity contribution in [2.75, 3.05) is 5.73 Å². The first kappa shape index (κ1) is 8.19. The molecule has 1 unspecified atom stereocenters. The predicted octanol–water partition coefficient (Wildman–Crippen LogP) is 2.23. The summed E-state index contributed by atoms with van der Waals surface area (Å²) in [6, 6.07) is 7.57. The summed E-state index contributed by atoms with van der Waals surface area (Å²) in [5.41, 5.74) is 6.50. The first-order chi connectivity index (χ1) is 6.20. The minimum atomic E-state index is -0.610. The van der Waals surface area contributed by atoms with Crippen molar-refractivity contribution in [2.45, 2.75) is 6.92 Å². The van der Waals surface area contributed by atoms with Crippen LogP contribution in [0.15, 0.2) is 24.3 Å². The van der Waals surface area contributed by atoms with E-state index in [4.69, 9.17) is 5.73 Å². The number of hydrogen-bond acceptors (Lipinski definition) is 3. The van der Waals surface area contributed by atoms with E-state index in [0.29, 0.717) is 5.13 Å². The van der Waals surface area contributed by atoms with Gasteiger partial charge in [0.15, 0.2) is 0 Å². The lowest BCUT2D eigenvalue weighted by Crippen LogP contribution is -1.87. The molecule has 13 heavy (non-hydrogen) atoms. The number of aromatic nitrogens is 1. The van der Waals surface area contributed by atoms with Crippen LogP contribution in [0.4, 0.5) is 5.13 Å². The molecule has 2 aromatic rings. The Balaban J connectivity index is 2.86. The van der Waals surface area contributed by atoms with Crippen molar-refractivity contribution in [3.05, 3.63) is 24.3 Å². The second-order valence-corrected chi connectivity index (χ2v) is 4.76. The average molecular weight is 193 g/mol. The molecule has 0 radical (unpaired) electrons. The molecule has 0 aliphatic heterocycles. The number of thiazole rings is 1. The van der Waals surface area contributed by atoms with E-state index >= 15 is 0 Å². The molecule has 3 nitrogen and oxygen atoms in total. The number of nitrogen functional groups attached to an aromatic ring is 1. The maximum Gasteiger partial charge on any atom is 0.356 e. The molecule has 1 atom stereocenters. The van der Waals surface area contributed by atoms with E-state index in [1.165, 1.54) is 0 Å². The van der Waals surface area contributed by atoms with Crippen LogP contribution in [-0.4, -0.2) is 10.1 Å². The van der Waals surface area contributed by atoms with Gasteiger partial charge in [0.25, 0.3) is 0 Å². The molecule has 0 aliphatic carbocycles. The van der Waals surface area contributed by atoms with Crippen molar-refractivity contribution in [3.63, 3.8) is 0 Å². The lowest BCUT2D eigenvalue weighted by atomic mass is 10.3. The summed E-state index contributed by atoms with van der Waals surface area (Å²) < 4.78 is 0.951. The van der Waals surface area contributed by atoms with Gasteiger partial charge in [-0.3, -0.25) is 0 Å². The van der Waals surface area contributed by atoms with Crippen LogP contribution in [0.1, 0.15) is 11.7 Å². The van der Waals surface area contributed by atoms with E-state index in [2.05, 4.69) is 4.98 Å². The van der Waals surface area contributed by atoms with Gasteiger partial charge < -0.3 is 5.73 Å². The van der Waals surface area contributed by atoms with Gasteiger partial charge in [0.05, 0.1) is 6.92 Å². The highest BCUT2D eigenvalue weighted by molar-refractivity contribution is 7.58.